The van der Waals surface area contributed by atoms with Gasteiger partial charge in [0.15, 0.2) is 0 Å². The number of anilines is 1. The minimum absolute atomic E-state index is 0.0116. The molecule has 164 valence electrons. The Labute approximate surface area is 188 Å². The van der Waals surface area contributed by atoms with Crippen LogP contribution in [0.25, 0.3) is 0 Å². The first-order valence-corrected chi connectivity index (χ1v) is 12.9. The maximum absolute atomic E-state index is 13.7. The summed E-state index contributed by atoms with van der Waals surface area (Å²) in [7, 11) is -3.57. The quantitative estimate of drug-likeness (QED) is 0.716. The summed E-state index contributed by atoms with van der Waals surface area (Å²) in [6, 6.07) is 7.99. The first-order chi connectivity index (χ1) is 14.2. The third kappa shape index (κ3) is 3.89. The fraction of sp³-hybridized carbons (Fsp3) is 0.524. The van der Waals surface area contributed by atoms with E-state index in [0.717, 1.165) is 21.0 Å². The van der Waals surface area contributed by atoms with Crippen LogP contribution in [0.4, 0.5) is 5.69 Å². The molecular formula is C21H29ClN4O2S2. The second-order valence-electron chi connectivity index (χ2n) is 8.24. The molecule has 30 heavy (non-hydrogen) atoms. The van der Waals surface area contributed by atoms with E-state index in [4.69, 9.17) is 11.6 Å². The fourth-order valence-electron chi connectivity index (χ4n) is 4.46. The van der Waals surface area contributed by atoms with Gasteiger partial charge in [0.05, 0.1) is 6.04 Å². The third-order valence-corrected chi connectivity index (χ3v) is 9.84. The van der Waals surface area contributed by atoms with Crippen molar-refractivity contribution in [2.45, 2.75) is 44.7 Å². The van der Waals surface area contributed by atoms with Gasteiger partial charge in [-0.1, -0.05) is 24.6 Å². The minimum atomic E-state index is -3.57. The van der Waals surface area contributed by atoms with E-state index in [1.807, 2.05) is 38.1 Å². The molecule has 0 saturated carbocycles. The van der Waals surface area contributed by atoms with Crippen LogP contribution in [0.5, 0.6) is 0 Å². The molecule has 6 nitrogen and oxygen atoms in total. The van der Waals surface area contributed by atoms with E-state index in [1.54, 1.807) is 15.6 Å². The van der Waals surface area contributed by atoms with Gasteiger partial charge in [0.1, 0.15) is 4.90 Å². The number of benzene rings is 1. The summed E-state index contributed by atoms with van der Waals surface area (Å²) in [4.78, 5) is 4.63. The molecule has 3 heterocycles. The van der Waals surface area contributed by atoms with Crippen molar-refractivity contribution in [2.75, 3.05) is 31.1 Å². The zero-order valence-corrected chi connectivity index (χ0v) is 20.2. The minimum Gasteiger partial charge on any atom is -0.369 e. The molecule has 9 heteroatoms. The lowest BCUT2D eigenvalue weighted by atomic mass is 9.92. The van der Waals surface area contributed by atoms with Crippen LogP contribution in [0.1, 0.15) is 35.2 Å². The van der Waals surface area contributed by atoms with Crippen LogP contribution in [-0.2, 0) is 10.0 Å². The summed E-state index contributed by atoms with van der Waals surface area (Å²) in [5, 5.41) is 0.692. The van der Waals surface area contributed by atoms with Gasteiger partial charge >= 0.3 is 0 Å². The molecule has 2 fully saturated rings. The molecule has 2 N–H and O–H groups in total. The molecule has 0 amide bonds. The van der Waals surface area contributed by atoms with Gasteiger partial charge in [0, 0.05) is 58.2 Å². The fourth-order valence-corrected chi connectivity index (χ4v) is 7.97. The number of rotatable bonds is 4. The molecule has 4 rings (SSSR count). The van der Waals surface area contributed by atoms with Crippen molar-refractivity contribution in [2.24, 2.45) is 5.92 Å². The third-order valence-electron chi connectivity index (χ3n) is 6.35. The highest BCUT2D eigenvalue weighted by Gasteiger charge is 2.40. The topological polar surface area (TPSA) is 64.7 Å². The van der Waals surface area contributed by atoms with Crippen molar-refractivity contribution >= 4 is 38.6 Å². The van der Waals surface area contributed by atoms with Gasteiger partial charge in [0.2, 0.25) is 10.0 Å². The molecule has 2 aromatic rings. The van der Waals surface area contributed by atoms with Crippen molar-refractivity contribution in [1.82, 2.24) is 15.2 Å². The lowest BCUT2D eigenvalue weighted by molar-refractivity contribution is 0.383. The first-order valence-electron chi connectivity index (χ1n) is 10.3. The Morgan fingerprint density at radius 2 is 1.77 bits per heavy atom. The molecule has 2 aliphatic rings. The second-order valence-corrected chi connectivity index (χ2v) is 12.0. The Kier molecular flexibility index (Phi) is 6.18. The Morgan fingerprint density at radius 3 is 2.37 bits per heavy atom. The summed E-state index contributed by atoms with van der Waals surface area (Å²) in [5.74, 6) is 0.298. The smallest absolute Gasteiger partial charge is 0.244 e. The van der Waals surface area contributed by atoms with Crippen LogP contribution >= 0.6 is 22.9 Å². The van der Waals surface area contributed by atoms with Crippen molar-refractivity contribution < 1.29 is 8.42 Å². The molecule has 1 aromatic carbocycles. The standard InChI is InChI=1S/C21H29ClN4O2S2/c1-13-14(2)23-24-20(13)19-15(3)29-16(4)21(19)30(27,28)26-10-8-25(9-11-26)18-7-5-6-17(22)12-18/h5-7,12-14,20,23-24H,8-11H2,1-4H3. The average molecular weight is 469 g/mol. The van der Waals surface area contributed by atoms with Gasteiger partial charge in [-0.2, -0.15) is 4.31 Å². The number of aryl methyl sites for hydroxylation is 2. The van der Waals surface area contributed by atoms with E-state index in [-0.39, 0.29) is 12.1 Å². The van der Waals surface area contributed by atoms with Crippen LogP contribution in [0.15, 0.2) is 29.2 Å². The maximum Gasteiger partial charge on any atom is 0.244 e. The van der Waals surface area contributed by atoms with E-state index in [9.17, 15) is 8.42 Å². The average Bonchev–Trinajstić information content (AvgIpc) is 3.20. The van der Waals surface area contributed by atoms with E-state index in [1.165, 1.54) is 0 Å². The number of hydrazine groups is 1. The SMILES string of the molecule is Cc1sc(C)c(S(=O)(=O)N2CCN(c3cccc(Cl)c3)CC2)c1C1NNC(C)C1C. The summed E-state index contributed by atoms with van der Waals surface area (Å²) >= 11 is 7.70. The number of halogens is 1. The van der Waals surface area contributed by atoms with Crippen molar-refractivity contribution in [3.8, 4) is 0 Å². The number of thiophene rings is 1. The number of hydrogen-bond acceptors (Lipinski definition) is 6. The Hall–Kier alpha value is -1.16. The summed E-state index contributed by atoms with van der Waals surface area (Å²) < 4.78 is 29.1. The van der Waals surface area contributed by atoms with Crippen LogP contribution in [-0.4, -0.2) is 44.9 Å². The second kappa shape index (κ2) is 8.41. The predicted octanol–water partition coefficient (Wildman–Crippen LogP) is 3.70. The molecule has 3 unspecified atom stereocenters. The Morgan fingerprint density at radius 1 is 1.07 bits per heavy atom. The van der Waals surface area contributed by atoms with Crippen LogP contribution in [0.3, 0.4) is 0 Å². The van der Waals surface area contributed by atoms with Crippen molar-refractivity contribution in [1.29, 1.82) is 0 Å². The summed E-state index contributed by atoms with van der Waals surface area (Å²) in [6.45, 7) is 10.5. The molecule has 0 spiro atoms. The van der Waals surface area contributed by atoms with Gasteiger partial charge in [0.25, 0.3) is 0 Å². The molecule has 1 aromatic heterocycles. The summed E-state index contributed by atoms with van der Waals surface area (Å²) in [6.07, 6.45) is 0. The highest BCUT2D eigenvalue weighted by molar-refractivity contribution is 7.89. The van der Waals surface area contributed by atoms with Gasteiger partial charge in [-0.15, -0.1) is 11.3 Å². The molecular weight excluding hydrogens is 440 g/mol. The predicted molar refractivity (Wildman–Crippen MR) is 124 cm³/mol. The lowest BCUT2D eigenvalue weighted by Gasteiger charge is -2.36. The summed E-state index contributed by atoms with van der Waals surface area (Å²) in [5.41, 5.74) is 8.56. The zero-order valence-electron chi connectivity index (χ0n) is 17.8. The van der Waals surface area contributed by atoms with E-state index < -0.39 is 10.0 Å². The van der Waals surface area contributed by atoms with Gasteiger partial charge in [-0.25, -0.2) is 13.8 Å². The number of sulfonamides is 1. The van der Waals surface area contributed by atoms with Crippen LogP contribution in [0, 0.1) is 19.8 Å². The van der Waals surface area contributed by atoms with E-state index in [2.05, 4.69) is 29.6 Å². The van der Waals surface area contributed by atoms with Crippen LogP contribution < -0.4 is 15.8 Å². The van der Waals surface area contributed by atoms with E-state index >= 15 is 0 Å². The van der Waals surface area contributed by atoms with Crippen molar-refractivity contribution in [3.63, 3.8) is 0 Å². The highest BCUT2D eigenvalue weighted by Crippen LogP contribution is 2.41. The van der Waals surface area contributed by atoms with Crippen LogP contribution in [0.2, 0.25) is 5.02 Å². The molecule has 3 atom stereocenters. The Bertz CT molecular complexity index is 1030. The van der Waals surface area contributed by atoms with Gasteiger partial charge < -0.3 is 4.90 Å². The normalized spacial score (nSPS) is 25.8. The van der Waals surface area contributed by atoms with E-state index in [0.29, 0.717) is 42.0 Å². The first kappa shape index (κ1) is 22.0. The highest BCUT2D eigenvalue weighted by atomic mass is 35.5. The largest absolute Gasteiger partial charge is 0.369 e. The van der Waals surface area contributed by atoms with Gasteiger partial charge in [-0.3, -0.25) is 5.43 Å². The number of hydrogen-bond donors (Lipinski definition) is 2. The Balaban J connectivity index is 1.59. The molecule has 0 bridgehead atoms. The van der Waals surface area contributed by atoms with Crippen molar-refractivity contribution in [3.05, 3.63) is 44.6 Å². The number of piperazine rings is 1. The molecule has 2 aliphatic heterocycles. The zero-order chi connectivity index (χ0) is 21.6. The lowest BCUT2D eigenvalue weighted by Crippen LogP contribution is -2.49. The molecule has 0 aliphatic carbocycles. The molecule has 2 saturated heterocycles. The monoisotopic (exact) mass is 468 g/mol. The number of nitrogens with zero attached hydrogens (tertiary/aromatic N) is 2. The van der Waals surface area contributed by atoms with Gasteiger partial charge in [-0.05, 0) is 44.9 Å². The molecule has 0 radical (unpaired) electrons. The maximum atomic E-state index is 13.7. The number of nitrogens with one attached hydrogen (secondary N) is 2.